The van der Waals surface area contributed by atoms with E-state index in [1.165, 1.54) is 12.1 Å². The lowest BCUT2D eigenvalue weighted by Gasteiger charge is -2.27. The summed E-state index contributed by atoms with van der Waals surface area (Å²) in [4.78, 5) is 24.3. The van der Waals surface area contributed by atoms with E-state index in [0.717, 1.165) is 10.9 Å². The second-order valence-electron chi connectivity index (χ2n) is 4.94. The van der Waals surface area contributed by atoms with Gasteiger partial charge < -0.3 is 14.2 Å². The zero-order valence-corrected chi connectivity index (χ0v) is 11.4. The summed E-state index contributed by atoms with van der Waals surface area (Å²) in [6.07, 6.45) is 1.78. The van der Waals surface area contributed by atoms with Gasteiger partial charge in [0.15, 0.2) is 0 Å². The fourth-order valence-corrected chi connectivity index (χ4v) is 2.50. The van der Waals surface area contributed by atoms with Crippen molar-refractivity contribution in [2.75, 3.05) is 26.3 Å². The van der Waals surface area contributed by atoms with Gasteiger partial charge in [0.2, 0.25) is 5.91 Å². The van der Waals surface area contributed by atoms with Crippen LogP contribution in [0.5, 0.6) is 0 Å². The van der Waals surface area contributed by atoms with Gasteiger partial charge in [0.25, 0.3) is 5.69 Å². The Labute approximate surface area is 120 Å². The molecule has 2 heterocycles. The van der Waals surface area contributed by atoms with E-state index in [-0.39, 0.29) is 18.1 Å². The number of ether oxygens (including phenoxy) is 1. The van der Waals surface area contributed by atoms with Gasteiger partial charge in [0.1, 0.15) is 6.54 Å². The monoisotopic (exact) mass is 289 g/mol. The molecular formula is C14H15N3O4. The average Bonchev–Trinajstić information content (AvgIpc) is 2.90. The van der Waals surface area contributed by atoms with Crippen LogP contribution < -0.4 is 0 Å². The summed E-state index contributed by atoms with van der Waals surface area (Å²) in [6.45, 7) is 2.61. The molecule has 1 fully saturated rings. The molecule has 0 unspecified atom stereocenters. The first kappa shape index (κ1) is 13.6. The van der Waals surface area contributed by atoms with Crippen LogP contribution in [0, 0.1) is 10.1 Å². The molecule has 1 amide bonds. The van der Waals surface area contributed by atoms with Gasteiger partial charge >= 0.3 is 0 Å². The number of hydrogen-bond donors (Lipinski definition) is 0. The zero-order valence-electron chi connectivity index (χ0n) is 11.4. The smallest absolute Gasteiger partial charge is 0.270 e. The maximum Gasteiger partial charge on any atom is 0.270 e. The van der Waals surface area contributed by atoms with Crippen molar-refractivity contribution in [1.29, 1.82) is 0 Å². The molecule has 1 aromatic carbocycles. The normalized spacial score (nSPS) is 15.3. The van der Waals surface area contributed by atoms with Crippen LogP contribution in [-0.4, -0.2) is 46.6 Å². The summed E-state index contributed by atoms with van der Waals surface area (Å²) < 4.78 is 7.04. The van der Waals surface area contributed by atoms with E-state index in [4.69, 9.17) is 4.74 Å². The molecule has 21 heavy (non-hydrogen) atoms. The topological polar surface area (TPSA) is 77.6 Å². The van der Waals surface area contributed by atoms with E-state index in [1.807, 2.05) is 4.57 Å². The summed E-state index contributed by atoms with van der Waals surface area (Å²) >= 11 is 0. The highest BCUT2D eigenvalue weighted by Gasteiger charge is 2.18. The minimum absolute atomic E-state index is 0.0363. The molecule has 0 N–H and O–H groups in total. The van der Waals surface area contributed by atoms with E-state index in [1.54, 1.807) is 23.2 Å². The van der Waals surface area contributed by atoms with Crippen molar-refractivity contribution in [2.24, 2.45) is 0 Å². The lowest BCUT2D eigenvalue weighted by molar-refractivity contribution is -0.384. The summed E-state index contributed by atoms with van der Waals surface area (Å²) in [7, 11) is 0. The minimum atomic E-state index is -0.421. The van der Waals surface area contributed by atoms with Crippen LogP contribution in [-0.2, 0) is 16.1 Å². The van der Waals surface area contributed by atoms with E-state index in [0.29, 0.717) is 26.3 Å². The highest BCUT2D eigenvalue weighted by atomic mass is 16.6. The maximum atomic E-state index is 12.2. The molecule has 3 rings (SSSR count). The molecule has 7 heteroatoms. The van der Waals surface area contributed by atoms with Crippen molar-refractivity contribution in [3.8, 4) is 0 Å². The molecule has 0 saturated carbocycles. The molecule has 0 spiro atoms. The molecular weight excluding hydrogens is 274 g/mol. The Kier molecular flexibility index (Phi) is 3.57. The Balaban J connectivity index is 1.80. The number of nitro groups is 1. The summed E-state index contributed by atoms with van der Waals surface area (Å²) in [5, 5.41) is 11.5. The lowest BCUT2D eigenvalue weighted by atomic mass is 10.2. The first-order valence-corrected chi connectivity index (χ1v) is 6.74. The molecule has 0 bridgehead atoms. The molecule has 2 aromatic rings. The van der Waals surface area contributed by atoms with Crippen LogP contribution in [0.15, 0.2) is 30.5 Å². The van der Waals surface area contributed by atoms with Crippen LogP contribution in [0.4, 0.5) is 5.69 Å². The number of carbonyl (C=O) groups excluding carboxylic acids is 1. The highest BCUT2D eigenvalue weighted by Crippen LogP contribution is 2.22. The molecule has 110 valence electrons. The first-order valence-electron chi connectivity index (χ1n) is 6.74. The minimum Gasteiger partial charge on any atom is -0.378 e. The number of amides is 1. The fourth-order valence-electron chi connectivity index (χ4n) is 2.50. The Morgan fingerprint density at radius 2 is 2.05 bits per heavy atom. The van der Waals surface area contributed by atoms with Gasteiger partial charge in [-0.3, -0.25) is 14.9 Å². The van der Waals surface area contributed by atoms with Crippen molar-refractivity contribution in [2.45, 2.75) is 6.54 Å². The van der Waals surface area contributed by atoms with E-state index in [2.05, 4.69) is 0 Å². The predicted molar refractivity (Wildman–Crippen MR) is 76.0 cm³/mol. The van der Waals surface area contributed by atoms with E-state index >= 15 is 0 Å². The van der Waals surface area contributed by atoms with Crippen LogP contribution in [0.2, 0.25) is 0 Å². The van der Waals surface area contributed by atoms with Crippen molar-refractivity contribution >= 4 is 22.5 Å². The lowest BCUT2D eigenvalue weighted by Crippen LogP contribution is -2.42. The third-order valence-corrected chi connectivity index (χ3v) is 3.63. The number of aromatic nitrogens is 1. The second kappa shape index (κ2) is 5.53. The molecule has 0 aliphatic carbocycles. The maximum absolute atomic E-state index is 12.2. The molecule has 1 saturated heterocycles. The quantitative estimate of drug-likeness (QED) is 0.632. The second-order valence-corrected chi connectivity index (χ2v) is 4.94. The number of fused-ring (bicyclic) bond motifs is 1. The molecule has 1 aliphatic rings. The Bertz CT molecular complexity index is 689. The predicted octanol–water partition coefficient (Wildman–Crippen LogP) is 1.41. The van der Waals surface area contributed by atoms with Gasteiger partial charge in [-0.1, -0.05) is 0 Å². The number of non-ortho nitro benzene ring substituents is 1. The summed E-state index contributed by atoms with van der Waals surface area (Å²) in [6, 6.07) is 6.44. The van der Waals surface area contributed by atoms with Crippen LogP contribution >= 0.6 is 0 Å². The van der Waals surface area contributed by atoms with E-state index in [9.17, 15) is 14.9 Å². The van der Waals surface area contributed by atoms with Crippen molar-refractivity contribution in [3.63, 3.8) is 0 Å². The highest BCUT2D eigenvalue weighted by molar-refractivity contribution is 5.85. The molecule has 1 aromatic heterocycles. The molecule has 7 nitrogen and oxygen atoms in total. The number of morpholine rings is 1. The number of nitro benzene ring substituents is 1. The van der Waals surface area contributed by atoms with Crippen molar-refractivity contribution in [3.05, 3.63) is 40.6 Å². The van der Waals surface area contributed by atoms with Crippen molar-refractivity contribution in [1.82, 2.24) is 9.47 Å². The Hall–Kier alpha value is -2.41. The Morgan fingerprint density at radius 1 is 1.29 bits per heavy atom. The third kappa shape index (κ3) is 2.73. The standard InChI is InChI=1S/C14H15N3O4/c18-14(15-5-7-21-8-6-15)10-16-4-3-11-9-12(17(19)20)1-2-13(11)16/h1-4,9H,5-8,10H2. The van der Waals surface area contributed by atoms with Gasteiger partial charge in [-0.15, -0.1) is 0 Å². The van der Waals surface area contributed by atoms with Gasteiger partial charge in [-0.25, -0.2) is 0 Å². The van der Waals surface area contributed by atoms with Crippen LogP contribution in [0.1, 0.15) is 0 Å². The largest absolute Gasteiger partial charge is 0.378 e. The molecule has 1 aliphatic heterocycles. The number of benzene rings is 1. The number of carbonyl (C=O) groups is 1. The molecule has 0 atom stereocenters. The number of hydrogen-bond acceptors (Lipinski definition) is 4. The zero-order chi connectivity index (χ0) is 14.8. The average molecular weight is 289 g/mol. The third-order valence-electron chi connectivity index (χ3n) is 3.63. The van der Waals surface area contributed by atoms with Gasteiger partial charge in [0, 0.05) is 42.3 Å². The number of rotatable bonds is 3. The van der Waals surface area contributed by atoms with Gasteiger partial charge in [0.05, 0.1) is 18.1 Å². The van der Waals surface area contributed by atoms with Gasteiger partial charge in [-0.05, 0) is 12.1 Å². The molecule has 0 radical (unpaired) electrons. The number of nitrogens with zero attached hydrogens (tertiary/aromatic N) is 3. The summed E-state index contributed by atoms with van der Waals surface area (Å²) in [5.41, 5.74) is 0.877. The SMILES string of the molecule is O=C(Cn1ccc2cc([N+](=O)[O-])ccc21)N1CCOCC1. The summed E-state index contributed by atoms with van der Waals surface area (Å²) in [5.74, 6) is 0.0363. The van der Waals surface area contributed by atoms with E-state index < -0.39 is 4.92 Å². The van der Waals surface area contributed by atoms with Gasteiger partial charge in [-0.2, -0.15) is 0 Å². The Morgan fingerprint density at radius 3 is 2.76 bits per heavy atom. The van der Waals surface area contributed by atoms with Crippen LogP contribution in [0.3, 0.4) is 0 Å². The fraction of sp³-hybridized carbons (Fsp3) is 0.357. The van der Waals surface area contributed by atoms with Crippen LogP contribution in [0.25, 0.3) is 10.9 Å². The first-order chi connectivity index (χ1) is 10.1. The van der Waals surface area contributed by atoms with Crippen molar-refractivity contribution < 1.29 is 14.5 Å².